The third-order valence-corrected chi connectivity index (χ3v) is 4.61. The molecular weight excluding hydrogens is 242 g/mol. The lowest BCUT2D eigenvalue weighted by atomic mass is 9.86. The van der Waals surface area contributed by atoms with Gasteiger partial charge in [-0.05, 0) is 18.9 Å². The van der Waals surface area contributed by atoms with E-state index in [4.69, 9.17) is 0 Å². The number of aliphatic hydroxyl groups is 1. The number of aliphatic hydroxyl groups excluding tert-OH is 1. The van der Waals surface area contributed by atoms with E-state index >= 15 is 0 Å². The molecule has 0 aliphatic carbocycles. The van der Waals surface area contributed by atoms with Gasteiger partial charge in [0.25, 0.3) is 0 Å². The van der Waals surface area contributed by atoms with Crippen molar-refractivity contribution in [3.05, 3.63) is 51.5 Å². The Hall–Kier alpha value is -1.19. The molecule has 1 heterocycles. The van der Waals surface area contributed by atoms with Crippen LogP contribution in [0, 0.1) is 6.92 Å². The van der Waals surface area contributed by atoms with Crippen LogP contribution in [0.3, 0.4) is 0 Å². The van der Waals surface area contributed by atoms with Crippen LogP contribution in [-0.2, 0) is 18.4 Å². The van der Waals surface area contributed by atoms with E-state index in [0.717, 1.165) is 22.0 Å². The zero-order valence-corrected chi connectivity index (χ0v) is 11.9. The number of benzene rings is 1. The normalized spacial score (nSPS) is 11.8. The summed E-state index contributed by atoms with van der Waals surface area (Å²) in [5.41, 5.74) is 2.28. The number of hydrogen-bond acceptors (Lipinski definition) is 3. The van der Waals surface area contributed by atoms with E-state index in [1.54, 1.807) is 11.3 Å². The van der Waals surface area contributed by atoms with E-state index in [1.165, 1.54) is 5.56 Å². The molecule has 0 atom stereocenters. The standard InChI is InChI=1S/C15H19NOS/c1-11-13(10-17)18-14(16-11)15(2,3)9-12-7-5-4-6-8-12/h4-8,17H,9-10H2,1-3H3. The Morgan fingerprint density at radius 3 is 2.44 bits per heavy atom. The molecule has 1 N–H and O–H groups in total. The van der Waals surface area contributed by atoms with E-state index < -0.39 is 0 Å². The summed E-state index contributed by atoms with van der Waals surface area (Å²) in [4.78, 5) is 5.59. The second kappa shape index (κ2) is 5.21. The minimum atomic E-state index is 0.00417. The first-order valence-corrected chi connectivity index (χ1v) is 6.96. The summed E-state index contributed by atoms with van der Waals surface area (Å²) in [6.07, 6.45) is 0.964. The van der Waals surface area contributed by atoms with E-state index in [-0.39, 0.29) is 12.0 Å². The lowest BCUT2D eigenvalue weighted by Gasteiger charge is -2.22. The topological polar surface area (TPSA) is 33.1 Å². The molecule has 0 spiro atoms. The Morgan fingerprint density at radius 2 is 1.89 bits per heavy atom. The van der Waals surface area contributed by atoms with E-state index in [2.05, 4.69) is 43.1 Å². The highest BCUT2D eigenvalue weighted by molar-refractivity contribution is 7.11. The van der Waals surface area contributed by atoms with Gasteiger partial charge in [-0.25, -0.2) is 4.98 Å². The minimum absolute atomic E-state index is 0.00417. The molecule has 18 heavy (non-hydrogen) atoms. The number of nitrogens with zero attached hydrogens (tertiary/aromatic N) is 1. The number of hydrogen-bond donors (Lipinski definition) is 1. The molecule has 3 heteroatoms. The maximum atomic E-state index is 9.26. The van der Waals surface area contributed by atoms with Crippen LogP contribution in [0.1, 0.15) is 35.0 Å². The molecule has 1 aromatic carbocycles. The van der Waals surface area contributed by atoms with Crippen molar-refractivity contribution in [2.45, 2.75) is 39.2 Å². The first-order valence-electron chi connectivity index (χ1n) is 6.14. The molecule has 0 bridgehead atoms. The average Bonchev–Trinajstić information content (AvgIpc) is 2.72. The quantitative estimate of drug-likeness (QED) is 0.914. The van der Waals surface area contributed by atoms with Gasteiger partial charge in [-0.1, -0.05) is 44.2 Å². The summed E-state index contributed by atoms with van der Waals surface area (Å²) >= 11 is 1.62. The van der Waals surface area contributed by atoms with Crippen molar-refractivity contribution in [2.24, 2.45) is 0 Å². The van der Waals surface area contributed by atoms with Crippen LogP contribution in [0.5, 0.6) is 0 Å². The number of thiazole rings is 1. The molecule has 0 aliphatic rings. The molecule has 0 unspecified atom stereocenters. The van der Waals surface area contributed by atoms with Crippen LogP contribution in [0.15, 0.2) is 30.3 Å². The average molecular weight is 261 g/mol. The molecule has 0 amide bonds. The van der Waals surface area contributed by atoms with Gasteiger partial charge in [0.1, 0.15) is 0 Å². The summed E-state index contributed by atoms with van der Waals surface area (Å²) < 4.78 is 0. The van der Waals surface area contributed by atoms with Crippen LogP contribution < -0.4 is 0 Å². The molecular formula is C15H19NOS. The molecule has 0 fully saturated rings. The summed E-state index contributed by atoms with van der Waals surface area (Å²) in [6.45, 7) is 6.47. The minimum Gasteiger partial charge on any atom is -0.391 e. The summed E-state index contributed by atoms with van der Waals surface area (Å²) in [5.74, 6) is 0. The lowest BCUT2D eigenvalue weighted by molar-refractivity contribution is 0.284. The van der Waals surface area contributed by atoms with Crippen molar-refractivity contribution in [3.8, 4) is 0 Å². The fourth-order valence-corrected chi connectivity index (χ4v) is 3.07. The molecule has 2 aromatic rings. The Labute approximate surface area is 112 Å². The fraction of sp³-hybridized carbons (Fsp3) is 0.400. The molecule has 0 radical (unpaired) electrons. The van der Waals surface area contributed by atoms with Crippen molar-refractivity contribution in [1.82, 2.24) is 4.98 Å². The Morgan fingerprint density at radius 1 is 1.22 bits per heavy atom. The number of aromatic nitrogens is 1. The molecule has 2 nitrogen and oxygen atoms in total. The lowest BCUT2D eigenvalue weighted by Crippen LogP contribution is -2.20. The second-order valence-electron chi connectivity index (χ2n) is 5.23. The first kappa shape index (κ1) is 13.2. The molecule has 2 rings (SSSR count). The van der Waals surface area contributed by atoms with Crippen molar-refractivity contribution >= 4 is 11.3 Å². The van der Waals surface area contributed by atoms with Crippen LogP contribution >= 0.6 is 11.3 Å². The van der Waals surface area contributed by atoms with Crippen molar-refractivity contribution < 1.29 is 5.11 Å². The van der Waals surface area contributed by atoms with Crippen LogP contribution in [0.25, 0.3) is 0 Å². The Bertz CT molecular complexity index is 517. The maximum absolute atomic E-state index is 9.26. The second-order valence-corrected chi connectivity index (χ2v) is 6.32. The zero-order chi connectivity index (χ0) is 13.2. The molecule has 1 aromatic heterocycles. The molecule has 0 aliphatic heterocycles. The fourth-order valence-electron chi connectivity index (χ4n) is 2.05. The third kappa shape index (κ3) is 2.79. The van der Waals surface area contributed by atoms with Crippen molar-refractivity contribution in [3.63, 3.8) is 0 Å². The van der Waals surface area contributed by atoms with E-state index in [9.17, 15) is 5.11 Å². The van der Waals surface area contributed by atoms with Gasteiger partial charge in [0.2, 0.25) is 0 Å². The van der Waals surface area contributed by atoms with Crippen LogP contribution in [0.4, 0.5) is 0 Å². The molecule has 96 valence electrons. The summed E-state index contributed by atoms with van der Waals surface area (Å²) in [7, 11) is 0. The zero-order valence-electron chi connectivity index (χ0n) is 11.1. The van der Waals surface area contributed by atoms with Gasteiger partial charge >= 0.3 is 0 Å². The summed E-state index contributed by atoms with van der Waals surface area (Å²) in [5, 5.41) is 10.4. The smallest absolute Gasteiger partial charge is 0.0991 e. The monoisotopic (exact) mass is 261 g/mol. The molecule has 0 saturated carbocycles. The van der Waals surface area contributed by atoms with Gasteiger partial charge in [0, 0.05) is 5.41 Å². The van der Waals surface area contributed by atoms with E-state index in [1.807, 2.05) is 13.0 Å². The highest BCUT2D eigenvalue weighted by atomic mass is 32.1. The van der Waals surface area contributed by atoms with Crippen molar-refractivity contribution in [1.29, 1.82) is 0 Å². The maximum Gasteiger partial charge on any atom is 0.0991 e. The third-order valence-electron chi connectivity index (χ3n) is 3.10. The summed E-state index contributed by atoms with van der Waals surface area (Å²) in [6, 6.07) is 10.5. The molecule has 0 saturated heterocycles. The van der Waals surface area contributed by atoms with Gasteiger partial charge in [0.15, 0.2) is 0 Å². The highest BCUT2D eigenvalue weighted by Crippen LogP contribution is 2.32. The van der Waals surface area contributed by atoms with Gasteiger partial charge in [0.05, 0.1) is 22.2 Å². The van der Waals surface area contributed by atoms with Gasteiger partial charge < -0.3 is 5.11 Å². The van der Waals surface area contributed by atoms with Crippen LogP contribution in [-0.4, -0.2) is 10.1 Å². The Kier molecular flexibility index (Phi) is 3.83. The largest absolute Gasteiger partial charge is 0.391 e. The SMILES string of the molecule is Cc1nc(C(C)(C)Cc2ccccc2)sc1CO. The Balaban J connectivity index is 2.24. The number of rotatable bonds is 4. The van der Waals surface area contributed by atoms with Gasteiger partial charge in [-0.2, -0.15) is 0 Å². The van der Waals surface area contributed by atoms with Crippen molar-refractivity contribution in [2.75, 3.05) is 0 Å². The predicted molar refractivity (Wildman–Crippen MR) is 75.9 cm³/mol. The predicted octanol–water partition coefficient (Wildman–Crippen LogP) is 3.46. The van der Waals surface area contributed by atoms with Gasteiger partial charge in [-0.15, -0.1) is 11.3 Å². The van der Waals surface area contributed by atoms with Crippen LogP contribution in [0.2, 0.25) is 0 Å². The first-order chi connectivity index (χ1) is 8.53. The van der Waals surface area contributed by atoms with E-state index in [0.29, 0.717) is 0 Å². The van der Waals surface area contributed by atoms with Gasteiger partial charge in [-0.3, -0.25) is 0 Å². The highest BCUT2D eigenvalue weighted by Gasteiger charge is 2.25. The number of aryl methyl sites for hydroxylation is 1.